The van der Waals surface area contributed by atoms with Crippen LogP contribution in [0.25, 0.3) is 0 Å². The highest BCUT2D eigenvalue weighted by Crippen LogP contribution is 2.41. The van der Waals surface area contributed by atoms with Crippen LogP contribution in [0.2, 0.25) is 0 Å². The van der Waals surface area contributed by atoms with Gasteiger partial charge in [-0.2, -0.15) is 13.2 Å². The van der Waals surface area contributed by atoms with Crippen LogP contribution in [0.1, 0.15) is 54.5 Å². The fourth-order valence-corrected chi connectivity index (χ4v) is 3.79. The molecule has 2 heterocycles. The second-order valence-electron chi connectivity index (χ2n) is 6.09. The maximum atomic E-state index is 13.1. The van der Waals surface area contributed by atoms with Crippen LogP contribution in [0.3, 0.4) is 0 Å². The van der Waals surface area contributed by atoms with Crippen LogP contribution in [-0.2, 0) is 6.18 Å². The van der Waals surface area contributed by atoms with E-state index < -0.39 is 21.8 Å². The summed E-state index contributed by atoms with van der Waals surface area (Å²) in [5.74, 6) is 0.0964. The molecule has 2 aromatic rings. The Morgan fingerprint density at radius 3 is 2.62 bits per heavy atom. The van der Waals surface area contributed by atoms with Crippen molar-refractivity contribution in [3.8, 4) is 0 Å². The molecule has 3 nitrogen and oxygen atoms in total. The Hall–Kier alpha value is -1.63. The second kappa shape index (κ2) is 6.70. The first-order valence-electron chi connectivity index (χ1n) is 7.77. The van der Waals surface area contributed by atoms with Gasteiger partial charge in [0.05, 0.1) is 10.0 Å². The number of hydrogen-bond donors (Lipinski definition) is 1. The van der Waals surface area contributed by atoms with Crippen molar-refractivity contribution in [2.75, 3.05) is 0 Å². The standard InChI is InChI=1S/C17H16BrF3N2O/c18-15-12(17(19,20)21)9-14(23-16(15)24)11-5-3-4-10(8-11)13-6-1-2-7-22-13/h1-2,6-7,9-11H,3-5,8H2,(H,23,24). The van der Waals surface area contributed by atoms with Gasteiger partial charge >= 0.3 is 6.18 Å². The number of hydrogen-bond acceptors (Lipinski definition) is 2. The van der Waals surface area contributed by atoms with Gasteiger partial charge in [0, 0.05) is 23.5 Å². The zero-order chi connectivity index (χ0) is 17.3. The highest BCUT2D eigenvalue weighted by molar-refractivity contribution is 9.10. The van der Waals surface area contributed by atoms with E-state index in [0.717, 1.165) is 31.0 Å². The Morgan fingerprint density at radius 2 is 1.96 bits per heavy atom. The lowest BCUT2D eigenvalue weighted by atomic mass is 9.78. The maximum absolute atomic E-state index is 13.1. The number of pyridine rings is 2. The quantitative estimate of drug-likeness (QED) is 0.771. The van der Waals surface area contributed by atoms with E-state index in [2.05, 4.69) is 25.9 Å². The molecule has 24 heavy (non-hydrogen) atoms. The average molecular weight is 401 g/mol. The molecule has 2 atom stereocenters. The van der Waals surface area contributed by atoms with Crippen molar-refractivity contribution in [1.82, 2.24) is 9.97 Å². The fraction of sp³-hybridized carbons (Fsp3) is 0.412. The predicted molar refractivity (Wildman–Crippen MR) is 88.0 cm³/mol. The van der Waals surface area contributed by atoms with Gasteiger partial charge in [0.1, 0.15) is 0 Å². The summed E-state index contributed by atoms with van der Waals surface area (Å²) in [5.41, 5.74) is -0.338. The lowest BCUT2D eigenvalue weighted by Crippen LogP contribution is -2.22. The Balaban J connectivity index is 1.91. The molecule has 7 heteroatoms. The largest absolute Gasteiger partial charge is 0.417 e. The fourth-order valence-electron chi connectivity index (χ4n) is 3.35. The molecule has 0 amide bonds. The molecule has 2 unspecified atom stereocenters. The van der Waals surface area contributed by atoms with Crippen molar-refractivity contribution in [3.05, 3.63) is 62.2 Å². The monoisotopic (exact) mass is 400 g/mol. The molecule has 0 aliphatic heterocycles. The molecule has 0 saturated heterocycles. The molecule has 1 aliphatic rings. The third kappa shape index (κ3) is 3.55. The van der Waals surface area contributed by atoms with E-state index in [4.69, 9.17) is 0 Å². The minimum Gasteiger partial charge on any atom is -0.325 e. The van der Waals surface area contributed by atoms with Crippen molar-refractivity contribution in [3.63, 3.8) is 0 Å². The minimum atomic E-state index is -4.56. The van der Waals surface area contributed by atoms with E-state index in [1.54, 1.807) is 6.20 Å². The van der Waals surface area contributed by atoms with Crippen molar-refractivity contribution in [1.29, 1.82) is 0 Å². The van der Waals surface area contributed by atoms with Crippen LogP contribution >= 0.6 is 15.9 Å². The minimum absolute atomic E-state index is 0.104. The van der Waals surface area contributed by atoms with Crippen molar-refractivity contribution < 1.29 is 13.2 Å². The summed E-state index contributed by atoms with van der Waals surface area (Å²) in [7, 11) is 0. The van der Waals surface area contributed by atoms with Gasteiger partial charge in [0.15, 0.2) is 0 Å². The summed E-state index contributed by atoms with van der Waals surface area (Å²) in [6, 6.07) is 6.76. The summed E-state index contributed by atoms with van der Waals surface area (Å²) in [6.07, 6.45) is 0.467. The van der Waals surface area contributed by atoms with Gasteiger partial charge in [0.2, 0.25) is 0 Å². The van der Waals surface area contributed by atoms with Crippen molar-refractivity contribution in [2.24, 2.45) is 0 Å². The first kappa shape index (κ1) is 17.2. The highest BCUT2D eigenvalue weighted by atomic mass is 79.9. The lowest BCUT2D eigenvalue weighted by Gasteiger charge is -2.29. The van der Waals surface area contributed by atoms with Gasteiger partial charge in [-0.05, 0) is 59.3 Å². The molecule has 2 aromatic heterocycles. The van der Waals surface area contributed by atoms with Gasteiger partial charge in [0.25, 0.3) is 5.56 Å². The molecule has 0 radical (unpaired) electrons. The SMILES string of the molecule is O=c1[nH]c(C2CCCC(c3ccccn3)C2)cc(C(F)(F)F)c1Br. The van der Waals surface area contributed by atoms with E-state index in [0.29, 0.717) is 12.1 Å². The molecule has 0 spiro atoms. The van der Waals surface area contributed by atoms with E-state index >= 15 is 0 Å². The maximum Gasteiger partial charge on any atom is 0.417 e. The summed E-state index contributed by atoms with van der Waals surface area (Å²) >= 11 is 2.75. The summed E-state index contributed by atoms with van der Waals surface area (Å²) in [6.45, 7) is 0. The molecular formula is C17H16BrF3N2O. The summed E-state index contributed by atoms with van der Waals surface area (Å²) in [5, 5.41) is 0. The number of aromatic nitrogens is 2. The number of aromatic amines is 1. The zero-order valence-electron chi connectivity index (χ0n) is 12.7. The van der Waals surface area contributed by atoms with Crippen LogP contribution in [0, 0.1) is 0 Å². The van der Waals surface area contributed by atoms with Crippen LogP contribution in [-0.4, -0.2) is 9.97 Å². The third-order valence-electron chi connectivity index (χ3n) is 4.52. The number of halogens is 4. The van der Waals surface area contributed by atoms with Crippen LogP contribution in [0.5, 0.6) is 0 Å². The van der Waals surface area contributed by atoms with E-state index in [1.807, 2.05) is 18.2 Å². The first-order valence-corrected chi connectivity index (χ1v) is 8.56. The van der Waals surface area contributed by atoms with Gasteiger partial charge in [-0.1, -0.05) is 12.5 Å². The van der Waals surface area contributed by atoms with Gasteiger partial charge in [-0.25, -0.2) is 0 Å². The smallest absolute Gasteiger partial charge is 0.325 e. The molecule has 0 bridgehead atoms. The normalized spacial score (nSPS) is 21.7. The number of nitrogens with one attached hydrogen (secondary N) is 1. The zero-order valence-corrected chi connectivity index (χ0v) is 14.3. The topological polar surface area (TPSA) is 45.8 Å². The van der Waals surface area contributed by atoms with E-state index in [-0.39, 0.29) is 11.8 Å². The van der Waals surface area contributed by atoms with Crippen molar-refractivity contribution in [2.45, 2.75) is 43.7 Å². The molecular weight excluding hydrogens is 385 g/mol. The number of alkyl halides is 3. The van der Waals surface area contributed by atoms with Gasteiger partial charge < -0.3 is 4.98 Å². The number of rotatable bonds is 2. The number of H-pyrrole nitrogens is 1. The third-order valence-corrected chi connectivity index (χ3v) is 5.31. The molecule has 1 fully saturated rings. The number of nitrogens with zero attached hydrogens (tertiary/aromatic N) is 1. The predicted octanol–water partition coefficient (Wildman–Crippen LogP) is 4.99. The summed E-state index contributed by atoms with van der Waals surface area (Å²) < 4.78 is 38.9. The van der Waals surface area contributed by atoms with Gasteiger partial charge in [-0.3, -0.25) is 9.78 Å². The molecule has 1 aliphatic carbocycles. The Labute approximate surface area is 145 Å². The highest BCUT2D eigenvalue weighted by Gasteiger charge is 2.36. The average Bonchev–Trinajstić information content (AvgIpc) is 2.57. The van der Waals surface area contributed by atoms with Gasteiger partial charge in [-0.15, -0.1) is 0 Å². The molecule has 3 rings (SSSR count). The molecule has 0 aromatic carbocycles. The van der Waals surface area contributed by atoms with Crippen LogP contribution in [0.15, 0.2) is 39.7 Å². The van der Waals surface area contributed by atoms with Crippen molar-refractivity contribution >= 4 is 15.9 Å². The Kier molecular flexibility index (Phi) is 4.80. The molecule has 1 N–H and O–H groups in total. The second-order valence-corrected chi connectivity index (χ2v) is 6.89. The Bertz CT molecular complexity index is 774. The first-order chi connectivity index (χ1) is 11.4. The molecule has 128 valence electrons. The van der Waals surface area contributed by atoms with Crippen LogP contribution in [0.4, 0.5) is 13.2 Å². The molecule has 1 saturated carbocycles. The summed E-state index contributed by atoms with van der Waals surface area (Å²) in [4.78, 5) is 18.9. The van der Waals surface area contributed by atoms with E-state index in [9.17, 15) is 18.0 Å². The Morgan fingerprint density at radius 1 is 1.21 bits per heavy atom. The van der Waals surface area contributed by atoms with E-state index in [1.165, 1.54) is 0 Å². The van der Waals surface area contributed by atoms with Crippen LogP contribution < -0.4 is 5.56 Å². The lowest BCUT2D eigenvalue weighted by molar-refractivity contribution is -0.138.